The maximum absolute atomic E-state index is 12.1. The van der Waals surface area contributed by atoms with Gasteiger partial charge in [0, 0.05) is 6.42 Å². The first kappa shape index (κ1) is 19.3. The zero-order valence-electron chi connectivity index (χ0n) is 13.9. The van der Waals surface area contributed by atoms with E-state index in [0.717, 1.165) is 16.3 Å². The molecule has 0 aliphatic heterocycles. The van der Waals surface area contributed by atoms with Crippen molar-refractivity contribution in [3.63, 3.8) is 0 Å². The number of phenolic OH excluding ortho intramolecular Hbond substituents is 1. The standard InChI is InChI=1S/C20H14Br2N2O3/c21-16-8-13(9-17(22)19(16)26)11-23-24-20(27)18(25)10-12-5-6-14-3-1-2-4-15(14)7-12/h1-9,11,26H,10H2,(H,24,27)/b23-11-. The van der Waals surface area contributed by atoms with Crippen LogP contribution < -0.4 is 5.43 Å². The lowest BCUT2D eigenvalue weighted by Gasteiger charge is -2.04. The van der Waals surface area contributed by atoms with E-state index in [9.17, 15) is 14.7 Å². The highest BCUT2D eigenvalue weighted by atomic mass is 79.9. The van der Waals surface area contributed by atoms with Crippen molar-refractivity contribution in [3.8, 4) is 5.75 Å². The third-order valence-electron chi connectivity index (χ3n) is 3.85. The van der Waals surface area contributed by atoms with Crippen LogP contribution in [0.1, 0.15) is 11.1 Å². The topological polar surface area (TPSA) is 78.8 Å². The van der Waals surface area contributed by atoms with Gasteiger partial charge in [-0.25, -0.2) is 5.43 Å². The number of Topliss-reactive ketones (excluding diaryl/α,β-unsaturated/α-hetero) is 1. The predicted octanol–water partition coefficient (Wildman–Crippen LogP) is 4.33. The van der Waals surface area contributed by atoms with Gasteiger partial charge >= 0.3 is 5.91 Å². The Bertz CT molecular complexity index is 1040. The Kier molecular flexibility index (Phi) is 6.03. The Morgan fingerprint density at radius 1 is 1.00 bits per heavy atom. The minimum absolute atomic E-state index is 0.00247. The van der Waals surface area contributed by atoms with Crippen molar-refractivity contribution in [2.75, 3.05) is 0 Å². The maximum Gasteiger partial charge on any atom is 0.307 e. The van der Waals surface area contributed by atoms with Gasteiger partial charge in [0.2, 0.25) is 5.78 Å². The van der Waals surface area contributed by atoms with Gasteiger partial charge in [-0.3, -0.25) is 9.59 Å². The minimum Gasteiger partial charge on any atom is -0.506 e. The molecule has 0 unspecified atom stereocenters. The van der Waals surface area contributed by atoms with E-state index in [0.29, 0.717) is 14.5 Å². The van der Waals surface area contributed by atoms with Crippen molar-refractivity contribution in [1.82, 2.24) is 5.43 Å². The number of amides is 1. The average molecular weight is 490 g/mol. The van der Waals surface area contributed by atoms with Gasteiger partial charge in [0.05, 0.1) is 15.2 Å². The smallest absolute Gasteiger partial charge is 0.307 e. The number of fused-ring (bicyclic) bond motifs is 1. The molecule has 0 bridgehead atoms. The molecule has 136 valence electrons. The number of hydrazone groups is 1. The summed E-state index contributed by atoms with van der Waals surface area (Å²) in [5, 5.41) is 15.6. The molecule has 3 aromatic carbocycles. The number of benzene rings is 3. The second-order valence-corrected chi connectivity index (χ2v) is 7.52. The fourth-order valence-corrected chi connectivity index (χ4v) is 3.72. The fraction of sp³-hybridized carbons (Fsp3) is 0.0500. The van der Waals surface area contributed by atoms with Gasteiger partial charge in [0.1, 0.15) is 5.75 Å². The Morgan fingerprint density at radius 2 is 1.67 bits per heavy atom. The van der Waals surface area contributed by atoms with E-state index in [-0.39, 0.29) is 12.2 Å². The molecule has 2 N–H and O–H groups in total. The number of ketones is 1. The third-order valence-corrected chi connectivity index (χ3v) is 5.06. The van der Waals surface area contributed by atoms with Crippen LogP contribution in [0.5, 0.6) is 5.75 Å². The lowest BCUT2D eigenvalue weighted by atomic mass is 10.0. The third kappa shape index (κ3) is 4.81. The van der Waals surface area contributed by atoms with E-state index in [2.05, 4.69) is 42.4 Å². The molecule has 7 heteroatoms. The van der Waals surface area contributed by atoms with Crippen molar-refractivity contribution in [2.45, 2.75) is 6.42 Å². The number of aromatic hydroxyl groups is 1. The number of nitrogens with zero attached hydrogens (tertiary/aromatic N) is 1. The van der Waals surface area contributed by atoms with Crippen LogP contribution in [0.4, 0.5) is 0 Å². The predicted molar refractivity (Wildman–Crippen MR) is 112 cm³/mol. The summed E-state index contributed by atoms with van der Waals surface area (Å²) in [5.41, 5.74) is 3.63. The van der Waals surface area contributed by atoms with E-state index < -0.39 is 11.7 Å². The van der Waals surface area contributed by atoms with Crippen molar-refractivity contribution < 1.29 is 14.7 Å². The first-order valence-corrected chi connectivity index (χ1v) is 9.54. The van der Waals surface area contributed by atoms with Gasteiger partial charge in [-0.1, -0.05) is 42.5 Å². The summed E-state index contributed by atoms with van der Waals surface area (Å²) in [6, 6.07) is 16.7. The largest absolute Gasteiger partial charge is 0.506 e. The van der Waals surface area contributed by atoms with Crippen LogP contribution in [-0.2, 0) is 16.0 Å². The molecule has 0 heterocycles. The lowest BCUT2D eigenvalue weighted by Crippen LogP contribution is -2.28. The van der Waals surface area contributed by atoms with Gasteiger partial charge in [-0.2, -0.15) is 5.10 Å². The molecule has 0 aromatic heterocycles. The quantitative estimate of drug-likeness (QED) is 0.318. The molecule has 0 atom stereocenters. The highest BCUT2D eigenvalue weighted by Crippen LogP contribution is 2.32. The summed E-state index contributed by atoms with van der Waals surface area (Å²) in [6.45, 7) is 0. The van der Waals surface area contributed by atoms with Gasteiger partial charge in [-0.05, 0) is 65.9 Å². The molecule has 0 aliphatic carbocycles. The molecular weight excluding hydrogens is 476 g/mol. The van der Waals surface area contributed by atoms with Crippen LogP contribution in [-0.4, -0.2) is 23.0 Å². The molecular formula is C20H14Br2N2O3. The fourth-order valence-electron chi connectivity index (χ4n) is 2.50. The number of nitrogens with one attached hydrogen (secondary N) is 1. The van der Waals surface area contributed by atoms with Gasteiger partial charge < -0.3 is 5.11 Å². The molecule has 0 radical (unpaired) electrons. The van der Waals surface area contributed by atoms with Crippen molar-refractivity contribution in [2.24, 2.45) is 5.10 Å². The Labute approximate surface area is 172 Å². The van der Waals surface area contributed by atoms with Gasteiger partial charge in [-0.15, -0.1) is 0 Å². The Hall–Kier alpha value is -2.51. The zero-order valence-corrected chi connectivity index (χ0v) is 17.1. The Morgan fingerprint density at radius 3 is 2.37 bits per heavy atom. The summed E-state index contributed by atoms with van der Waals surface area (Å²) >= 11 is 6.42. The van der Waals surface area contributed by atoms with Crippen LogP contribution in [0.25, 0.3) is 10.8 Å². The summed E-state index contributed by atoms with van der Waals surface area (Å²) in [4.78, 5) is 24.1. The molecule has 3 aromatic rings. The summed E-state index contributed by atoms with van der Waals surface area (Å²) < 4.78 is 0.967. The second-order valence-electron chi connectivity index (χ2n) is 5.81. The first-order chi connectivity index (χ1) is 12.9. The molecule has 0 saturated heterocycles. The molecule has 1 amide bonds. The molecule has 3 rings (SSSR count). The molecule has 0 fully saturated rings. The summed E-state index contributed by atoms with van der Waals surface area (Å²) in [5.74, 6) is -1.28. The van der Waals surface area contributed by atoms with E-state index >= 15 is 0 Å². The molecule has 27 heavy (non-hydrogen) atoms. The molecule has 0 spiro atoms. The number of rotatable bonds is 5. The number of carbonyl (C=O) groups excluding carboxylic acids is 2. The molecule has 5 nitrogen and oxygen atoms in total. The van der Waals surface area contributed by atoms with Crippen LogP contribution in [0, 0.1) is 0 Å². The van der Waals surface area contributed by atoms with Crippen LogP contribution >= 0.6 is 31.9 Å². The highest BCUT2D eigenvalue weighted by Gasteiger charge is 2.14. The zero-order chi connectivity index (χ0) is 19.4. The lowest BCUT2D eigenvalue weighted by molar-refractivity contribution is -0.137. The van der Waals surface area contributed by atoms with E-state index in [1.807, 2.05) is 42.5 Å². The SMILES string of the molecule is O=C(Cc1ccc2ccccc2c1)C(=O)N/N=C\c1cc(Br)c(O)c(Br)c1. The summed E-state index contributed by atoms with van der Waals surface area (Å²) in [6.07, 6.45) is 1.39. The van der Waals surface area contributed by atoms with Crippen molar-refractivity contribution in [3.05, 3.63) is 74.7 Å². The number of hydrogen-bond acceptors (Lipinski definition) is 4. The number of phenols is 1. The molecule has 0 saturated carbocycles. The van der Waals surface area contributed by atoms with Gasteiger partial charge in [0.25, 0.3) is 0 Å². The number of halogens is 2. The normalized spacial score (nSPS) is 11.0. The van der Waals surface area contributed by atoms with E-state index in [1.165, 1.54) is 6.21 Å². The van der Waals surface area contributed by atoms with Crippen molar-refractivity contribution >= 4 is 60.5 Å². The first-order valence-electron chi connectivity index (χ1n) is 7.96. The molecule has 0 aliphatic rings. The highest BCUT2D eigenvalue weighted by molar-refractivity contribution is 9.11. The maximum atomic E-state index is 12.1. The monoisotopic (exact) mass is 488 g/mol. The average Bonchev–Trinajstić information content (AvgIpc) is 2.65. The van der Waals surface area contributed by atoms with E-state index in [4.69, 9.17) is 0 Å². The number of hydrogen-bond donors (Lipinski definition) is 2. The van der Waals surface area contributed by atoms with Crippen LogP contribution in [0.2, 0.25) is 0 Å². The minimum atomic E-state index is -0.781. The van der Waals surface area contributed by atoms with Crippen LogP contribution in [0.3, 0.4) is 0 Å². The van der Waals surface area contributed by atoms with Gasteiger partial charge in [0.15, 0.2) is 0 Å². The Balaban J connectivity index is 1.62. The van der Waals surface area contributed by atoms with Crippen molar-refractivity contribution in [1.29, 1.82) is 0 Å². The van der Waals surface area contributed by atoms with Crippen LogP contribution in [0.15, 0.2) is 68.6 Å². The summed E-state index contributed by atoms with van der Waals surface area (Å²) in [7, 11) is 0. The number of carbonyl (C=O) groups is 2. The second kappa shape index (κ2) is 8.45. The van der Waals surface area contributed by atoms with E-state index in [1.54, 1.807) is 12.1 Å².